The molecule has 0 radical (unpaired) electrons. The lowest BCUT2D eigenvalue weighted by molar-refractivity contribution is -0.127. The third kappa shape index (κ3) is 5.68. The molecule has 0 aliphatic carbocycles. The summed E-state index contributed by atoms with van der Waals surface area (Å²) < 4.78 is 5.48. The van der Waals surface area contributed by atoms with Gasteiger partial charge in [-0.2, -0.15) is 4.98 Å². The van der Waals surface area contributed by atoms with E-state index in [-0.39, 0.29) is 17.9 Å². The quantitative estimate of drug-likeness (QED) is 0.494. The van der Waals surface area contributed by atoms with Gasteiger partial charge in [0.25, 0.3) is 0 Å². The summed E-state index contributed by atoms with van der Waals surface area (Å²) in [5, 5.41) is 7.91. The van der Waals surface area contributed by atoms with Crippen molar-refractivity contribution in [3.63, 3.8) is 0 Å². The van der Waals surface area contributed by atoms with Crippen LogP contribution < -0.4 is 10.2 Å². The van der Waals surface area contributed by atoms with Gasteiger partial charge in [0.1, 0.15) is 0 Å². The van der Waals surface area contributed by atoms with E-state index >= 15 is 0 Å². The second kappa shape index (κ2) is 10.8. The molecule has 1 aromatic heterocycles. The molecule has 0 saturated carbocycles. The number of rotatable bonds is 7. The van der Waals surface area contributed by atoms with Crippen molar-refractivity contribution < 1.29 is 9.32 Å². The van der Waals surface area contributed by atoms with E-state index in [1.807, 2.05) is 24.3 Å². The summed E-state index contributed by atoms with van der Waals surface area (Å²) in [7, 11) is 0. The Labute approximate surface area is 211 Å². The van der Waals surface area contributed by atoms with E-state index in [1.54, 1.807) is 0 Å². The average Bonchev–Trinajstić information content (AvgIpc) is 3.57. The summed E-state index contributed by atoms with van der Waals surface area (Å²) in [4.78, 5) is 22.2. The Bertz CT molecular complexity index is 1140. The Morgan fingerprint density at radius 3 is 2.66 bits per heavy atom. The van der Waals surface area contributed by atoms with Gasteiger partial charge in [-0.05, 0) is 69.0 Å². The minimum atomic E-state index is -0.0546. The van der Waals surface area contributed by atoms with E-state index in [2.05, 4.69) is 56.4 Å². The molecule has 2 fully saturated rings. The second-order valence-corrected chi connectivity index (χ2v) is 9.99. The number of carbonyl (C=O) groups is 1. The summed E-state index contributed by atoms with van der Waals surface area (Å²) >= 11 is 6.26. The highest BCUT2D eigenvalue weighted by Gasteiger charge is 2.28. The van der Waals surface area contributed by atoms with Crippen LogP contribution in [0.5, 0.6) is 0 Å². The predicted molar refractivity (Wildman–Crippen MR) is 137 cm³/mol. The van der Waals surface area contributed by atoms with Crippen LogP contribution in [0.3, 0.4) is 0 Å². The molecule has 35 heavy (non-hydrogen) atoms. The number of amides is 1. The van der Waals surface area contributed by atoms with Crippen molar-refractivity contribution in [3.05, 3.63) is 65.0 Å². The number of nitrogens with one attached hydrogen (secondary N) is 1. The summed E-state index contributed by atoms with van der Waals surface area (Å²) in [6.07, 6.45) is 4.38. The molecule has 3 heterocycles. The van der Waals surface area contributed by atoms with Crippen LogP contribution in [-0.4, -0.2) is 47.1 Å². The monoisotopic (exact) mass is 493 g/mol. The molecule has 2 unspecified atom stereocenters. The average molecular weight is 494 g/mol. The van der Waals surface area contributed by atoms with Gasteiger partial charge >= 0.3 is 0 Å². The molecule has 3 aromatic rings. The lowest BCUT2D eigenvalue weighted by Gasteiger charge is -2.31. The molecule has 0 spiro atoms. The molecule has 5 rings (SSSR count). The molecule has 184 valence electrons. The fourth-order valence-electron chi connectivity index (χ4n) is 5.04. The normalized spacial score (nSPS) is 19.6. The number of halogens is 1. The third-order valence-electron chi connectivity index (χ3n) is 7.04. The summed E-state index contributed by atoms with van der Waals surface area (Å²) in [5.41, 5.74) is 3.15. The van der Waals surface area contributed by atoms with Gasteiger partial charge in [-0.1, -0.05) is 41.0 Å². The summed E-state index contributed by atoms with van der Waals surface area (Å²) in [5.74, 6) is 1.07. The van der Waals surface area contributed by atoms with E-state index in [0.29, 0.717) is 29.8 Å². The van der Waals surface area contributed by atoms with Crippen LogP contribution in [0.25, 0.3) is 11.4 Å². The minimum Gasteiger partial charge on any atom is -0.372 e. The summed E-state index contributed by atoms with van der Waals surface area (Å²) in [6.45, 7) is 6.42. The molecule has 2 aliphatic rings. The van der Waals surface area contributed by atoms with Gasteiger partial charge in [0, 0.05) is 30.9 Å². The first kappa shape index (κ1) is 23.8. The van der Waals surface area contributed by atoms with Gasteiger partial charge in [-0.25, -0.2) is 0 Å². The maximum Gasteiger partial charge on any atom is 0.241 e. The zero-order valence-electron chi connectivity index (χ0n) is 20.1. The van der Waals surface area contributed by atoms with Crippen LogP contribution in [0.1, 0.15) is 50.1 Å². The van der Waals surface area contributed by atoms with E-state index in [1.165, 1.54) is 18.5 Å². The Kier molecular flexibility index (Phi) is 7.35. The van der Waals surface area contributed by atoms with Gasteiger partial charge in [-0.15, -0.1) is 0 Å². The zero-order valence-corrected chi connectivity index (χ0v) is 20.9. The number of piperidine rings is 1. The first-order chi connectivity index (χ1) is 17.1. The Hall–Kier alpha value is -2.90. The number of hydrogen-bond donors (Lipinski definition) is 1. The highest BCUT2D eigenvalue weighted by molar-refractivity contribution is 6.33. The van der Waals surface area contributed by atoms with Crippen molar-refractivity contribution in [2.45, 2.75) is 45.2 Å². The van der Waals surface area contributed by atoms with Crippen LogP contribution in [0.15, 0.2) is 53.1 Å². The Morgan fingerprint density at radius 1 is 1.11 bits per heavy atom. The topological polar surface area (TPSA) is 74.5 Å². The minimum absolute atomic E-state index is 0.0281. The van der Waals surface area contributed by atoms with Crippen LogP contribution >= 0.6 is 11.6 Å². The van der Waals surface area contributed by atoms with E-state index < -0.39 is 0 Å². The van der Waals surface area contributed by atoms with Gasteiger partial charge in [0.05, 0.1) is 23.5 Å². The molecule has 0 bridgehead atoms. The molecule has 2 atom stereocenters. The molecular weight excluding hydrogens is 462 g/mol. The number of benzene rings is 2. The van der Waals surface area contributed by atoms with Gasteiger partial charge in [0.2, 0.25) is 17.6 Å². The highest BCUT2D eigenvalue weighted by atomic mass is 35.5. The van der Waals surface area contributed by atoms with Crippen LogP contribution in [0, 0.1) is 5.92 Å². The van der Waals surface area contributed by atoms with Crippen molar-refractivity contribution in [1.82, 2.24) is 20.4 Å². The van der Waals surface area contributed by atoms with E-state index in [9.17, 15) is 4.79 Å². The highest BCUT2D eigenvalue weighted by Crippen LogP contribution is 2.26. The number of aromatic nitrogens is 2. The van der Waals surface area contributed by atoms with Gasteiger partial charge < -0.3 is 14.7 Å². The molecule has 2 saturated heterocycles. The van der Waals surface area contributed by atoms with E-state index in [0.717, 1.165) is 43.6 Å². The molecular formula is C27H32ClN5O2. The van der Waals surface area contributed by atoms with Gasteiger partial charge in [0.15, 0.2) is 0 Å². The third-order valence-corrected chi connectivity index (χ3v) is 7.37. The van der Waals surface area contributed by atoms with Crippen molar-refractivity contribution in [3.8, 4) is 11.4 Å². The van der Waals surface area contributed by atoms with Crippen molar-refractivity contribution in [2.24, 2.45) is 5.92 Å². The maximum atomic E-state index is 13.1. The second-order valence-electron chi connectivity index (χ2n) is 9.58. The first-order valence-corrected chi connectivity index (χ1v) is 12.9. The van der Waals surface area contributed by atoms with Crippen LogP contribution in [0.4, 0.5) is 5.69 Å². The Balaban J connectivity index is 1.15. The summed E-state index contributed by atoms with van der Waals surface area (Å²) in [6, 6.07) is 16.0. The fourth-order valence-corrected chi connectivity index (χ4v) is 5.26. The van der Waals surface area contributed by atoms with Crippen LogP contribution in [-0.2, 0) is 11.3 Å². The SMILES string of the molecule is CC(NC(=O)C1CCCN(Cc2nc(-c3ccccc3Cl)no2)C1)c1ccc(N2CCCC2)cc1. The number of hydrogen-bond acceptors (Lipinski definition) is 6. The van der Waals surface area contributed by atoms with E-state index in [4.69, 9.17) is 16.1 Å². The lowest BCUT2D eigenvalue weighted by Crippen LogP contribution is -2.43. The first-order valence-electron chi connectivity index (χ1n) is 12.5. The zero-order chi connectivity index (χ0) is 24.2. The molecule has 1 amide bonds. The van der Waals surface area contributed by atoms with Crippen molar-refractivity contribution >= 4 is 23.2 Å². The molecule has 2 aromatic carbocycles. The number of carbonyl (C=O) groups excluding carboxylic acids is 1. The fraction of sp³-hybridized carbons (Fsp3) is 0.444. The predicted octanol–water partition coefficient (Wildman–Crippen LogP) is 5.08. The number of nitrogens with zero attached hydrogens (tertiary/aromatic N) is 4. The molecule has 1 N–H and O–H groups in total. The standard InChI is InChI=1S/C27H32ClN5O2/c1-19(20-10-12-22(13-11-20)33-15-4-5-16-33)29-27(34)21-7-6-14-32(17-21)18-25-30-26(31-35-25)23-8-2-3-9-24(23)28/h2-3,8-13,19,21H,4-7,14-18H2,1H3,(H,29,34). The van der Waals surface area contributed by atoms with Crippen LogP contribution in [0.2, 0.25) is 5.02 Å². The smallest absolute Gasteiger partial charge is 0.241 e. The van der Waals surface area contributed by atoms with Gasteiger partial charge in [-0.3, -0.25) is 9.69 Å². The number of likely N-dealkylation sites (tertiary alicyclic amines) is 1. The lowest BCUT2D eigenvalue weighted by atomic mass is 9.96. The molecule has 7 nitrogen and oxygen atoms in total. The van der Waals surface area contributed by atoms with Crippen molar-refractivity contribution in [1.29, 1.82) is 0 Å². The maximum absolute atomic E-state index is 13.1. The Morgan fingerprint density at radius 2 is 1.89 bits per heavy atom. The molecule has 8 heteroatoms. The molecule has 2 aliphatic heterocycles. The number of anilines is 1. The largest absolute Gasteiger partial charge is 0.372 e. The van der Waals surface area contributed by atoms with Crippen molar-refractivity contribution in [2.75, 3.05) is 31.1 Å².